The number of ketones is 3. The van der Waals surface area contributed by atoms with Crippen molar-refractivity contribution in [1.29, 1.82) is 0 Å². The predicted octanol–water partition coefficient (Wildman–Crippen LogP) is 5.14. The Labute approximate surface area is 245 Å². The topological polar surface area (TPSA) is 141 Å². The third-order valence-corrected chi connectivity index (χ3v) is 9.80. The summed E-state index contributed by atoms with van der Waals surface area (Å²) in [6.07, 6.45) is 1.55. The highest BCUT2D eigenvalue weighted by atomic mass is 16.5. The molecule has 1 unspecified atom stereocenters. The molecule has 8 nitrogen and oxygen atoms in total. The number of phenolic OH excluding ortho intramolecular Hbond substituents is 1. The number of aliphatic hydroxyl groups is 3. The minimum atomic E-state index is -2.61. The van der Waals surface area contributed by atoms with Gasteiger partial charge < -0.3 is 25.2 Å². The second kappa shape index (κ2) is 9.83. The zero-order valence-electron chi connectivity index (χ0n) is 24.9. The monoisotopic (exact) mass is 574 g/mol. The van der Waals surface area contributed by atoms with Crippen molar-refractivity contribution in [1.82, 2.24) is 0 Å². The highest BCUT2D eigenvalue weighted by Crippen LogP contribution is 2.65. The molecular weight excluding hydrogens is 536 g/mol. The number of phenols is 1. The third kappa shape index (κ3) is 3.95. The first-order valence-electron chi connectivity index (χ1n) is 14.3. The maximum atomic E-state index is 14.2. The summed E-state index contributed by atoms with van der Waals surface area (Å²) in [7, 11) is 1.61. The van der Waals surface area contributed by atoms with Gasteiger partial charge >= 0.3 is 0 Å². The normalized spacial score (nSPS) is 28.9. The van der Waals surface area contributed by atoms with Gasteiger partial charge in [0, 0.05) is 22.3 Å². The lowest BCUT2D eigenvalue weighted by Crippen LogP contribution is -2.67. The average Bonchev–Trinajstić information content (AvgIpc) is 2.90. The van der Waals surface area contributed by atoms with E-state index in [0.717, 1.165) is 23.8 Å². The lowest BCUT2D eigenvalue weighted by atomic mass is 9.44. The van der Waals surface area contributed by atoms with E-state index >= 15 is 0 Å². The number of methoxy groups -OCH3 is 1. The molecule has 0 fully saturated rings. The molecule has 2 aromatic rings. The van der Waals surface area contributed by atoms with E-state index < -0.39 is 56.8 Å². The Balaban J connectivity index is 1.67. The second-order valence-electron chi connectivity index (χ2n) is 12.9. The molecule has 42 heavy (non-hydrogen) atoms. The van der Waals surface area contributed by atoms with Crippen LogP contribution in [0.1, 0.15) is 68.1 Å². The van der Waals surface area contributed by atoms with Gasteiger partial charge in [0.05, 0.1) is 12.7 Å². The highest BCUT2D eigenvalue weighted by Gasteiger charge is 2.71. The van der Waals surface area contributed by atoms with Crippen LogP contribution in [0.2, 0.25) is 0 Å². The molecule has 0 radical (unpaired) electrons. The van der Waals surface area contributed by atoms with E-state index in [4.69, 9.17) is 4.74 Å². The van der Waals surface area contributed by atoms with Crippen molar-refractivity contribution in [3.05, 3.63) is 81.3 Å². The Bertz CT molecular complexity index is 1600. The standard InChI is InChI=1S/C34H38O8/c1-17(2)26-28(37)24(18(3)35)30(39)34(41)31(40)27-29(38)25-22(15-32(27,4)16-33(26,34)5)20(12-13-23(25)36)11-10-19-8-7-9-21(14-19)42-6/h7-9,12-14,17,26,36-37,40-41H,10-11,15-16H2,1-6H3/t26?,32-,33-,34+/m1/s1. The Morgan fingerprint density at radius 3 is 2.38 bits per heavy atom. The van der Waals surface area contributed by atoms with E-state index in [2.05, 4.69) is 0 Å². The van der Waals surface area contributed by atoms with Crippen LogP contribution in [0.5, 0.6) is 11.5 Å². The van der Waals surface area contributed by atoms with Crippen molar-refractivity contribution in [3.63, 3.8) is 0 Å². The number of aryl methyl sites for hydroxylation is 2. The molecule has 0 spiro atoms. The molecule has 0 bridgehead atoms. The highest BCUT2D eigenvalue weighted by molar-refractivity contribution is 6.25. The molecular formula is C34H38O8. The summed E-state index contributed by atoms with van der Waals surface area (Å²) in [5, 5.41) is 46.1. The maximum absolute atomic E-state index is 14.2. The summed E-state index contributed by atoms with van der Waals surface area (Å²) >= 11 is 0. The van der Waals surface area contributed by atoms with Crippen LogP contribution in [-0.2, 0) is 28.9 Å². The van der Waals surface area contributed by atoms with Crippen molar-refractivity contribution in [2.24, 2.45) is 22.7 Å². The van der Waals surface area contributed by atoms with E-state index in [-0.39, 0.29) is 35.6 Å². The number of aromatic hydroxyl groups is 1. The van der Waals surface area contributed by atoms with Gasteiger partial charge in [-0.05, 0) is 73.4 Å². The fraction of sp³-hybridized carbons (Fsp3) is 0.441. The molecule has 3 aliphatic rings. The number of carbonyl (C=O) groups is 3. The first-order valence-corrected chi connectivity index (χ1v) is 14.3. The molecule has 5 rings (SSSR count). The molecule has 0 saturated carbocycles. The number of hydrogen-bond acceptors (Lipinski definition) is 8. The number of allylic oxidation sites excluding steroid dienone is 2. The summed E-state index contributed by atoms with van der Waals surface area (Å²) in [5.74, 6) is -4.40. The van der Waals surface area contributed by atoms with Gasteiger partial charge in [-0.2, -0.15) is 0 Å². The predicted molar refractivity (Wildman–Crippen MR) is 156 cm³/mol. The first kappa shape index (κ1) is 29.6. The van der Waals surface area contributed by atoms with Crippen molar-refractivity contribution < 1.29 is 39.5 Å². The van der Waals surface area contributed by atoms with Crippen LogP contribution in [0.3, 0.4) is 0 Å². The van der Waals surface area contributed by atoms with E-state index in [9.17, 15) is 34.8 Å². The minimum Gasteiger partial charge on any atom is -0.511 e. The van der Waals surface area contributed by atoms with Gasteiger partial charge in [-0.3, -0.25) is 14.4 Å². The Morgan fingerprint density at radius 2 is 1.76 bits per heavy atom. The Morgan fingerprint density at radius 1 is 1.07 bits per heavy atom. The summed E-state index contributed by atoms with van der Waals surface area (Å²) in [6, 6.07) is 11.0. The number of Topliss-reactive ketones (excluding diaryl/α,β-unsaturated/α-hetero) is 3. The number of aliphatic hydroxyl groups excluding tert-OH is 2. The quantitative estimate of drug-likeness (QED) is 0.348. The fourth-order valence-corrected chi connectivity index (χ4v) is 8.13. The van der Waals surface area contributed by atoms with Crippen LogP contribution in [0.15, 0.2) is 59.1 Å². The van der Waals surface area contributed by atoms with Crippen LogP contribution in [0.25, 0.3) is 0 Å². The third-order valence-electron chi connectivity index (χ3n) is 9.80. The number of ether oxygens (including phenoxy) is 1. The second-order valence-corrected chi connectivity index (χ2v) is 12.9. The van der Waals surface area contributed by atoms with Crippen LogP contribution >= 0.6 is 0 Å². The van der Waals surface area contributed by atoms with Gasteiger partial charge in [0.25, 0.3) is 0 Å². The van der Waals surface area contributed by atoms with Gasteiger partial charge in [0.2, 0.25) is 5.78 Å². The number of benzene rings is 2. The zero-order valence-corrected chi connectivity index (χ0v) is 24.9. The lowest BCUT2D eigenvalue weighted by molar-refractivity contribution is -0.171. The lowest BCUT2D eigenvalue weighted by Gasteiger charge is -2.59. The van der Waals surface area contributed by atoms with Crippen molar-refractivity contribution in [3.8, 4) is 11.5 Å². The Hall–Kier alpha value is -3.91. The average molecular weight is 575 g/mol. The number of rotatable bonds is 6. The van der Waals surface area contributed by atoms with Gasteiger partial charge in [-0.15, -0.1) is 0 Å². The Kier molecular flexibility index (Phi) is 6.93. The van der Waals surface area contributed by atoms with Crippen molar-refractivity contribution in [2.45, 2.75) is 65.9 Å². The van der Waals surface area contributed by atoms with Crippen molar-refractivity contribution in [2.75, 3.05) is 7.11 Å². The summed E-state index contributed by atoms with van der Waals surface area (Å²) in [6.45, 7) is 8.19. The van der Waals surface area contributed by atoms with E-state index in [1.165, 1.54) is 6.07 Å². The summed E-state index contributed by atoms with van der Waals surface area (Å²) < 4.78 is 5.34. The molecule has 0 aliphatic heterocycles. The number of fused-ring (bicyclic) bond motifs is 3. The van der Waals surface area contributed by atoms with E-state index in [1.54, 1.807) is 20.1 Å². The van der Waals surface area contributed by atoms with Gasteiger partial charge in [-0.1, -0.05) is 45.9 Å². The van der Waals surface area contributed by atoms with Crippen LogP contribution in [-0.4, -0.2) is 50.5 Å². The van der Waals surface area contributed by atoms with Gasteiger partial charge in [0.1, 0.15) is 28.6 Å². The molecule has 3 aliphatic carbocycles. The van der Waals surface area contributed by atoms with Crippen molar-refractivity contribution >= 4 is 17.3 Å². The fourth-order valence-electron chi connectivity index (χ4n) is 8.13. The van der Waals surface area contributed by atoms with Gasteiger partial charge in [0.15, 0.2) is 17.2 Å². The van der Waals surface area contributed by atoms with Crippen LogP contribution < -0.4 is 4.74 Å². The zero-order chi connectivity index (χ0) is 30.9. The number of carbonyl (C=O) groups excluding carboxylic acids is 3. The SMILES string of the molecule is COc1cccc(CCc2ccc(O)c3c2C[C@]2(C)C[C@]4(C)C(C(C)C)C(O)=C(C(C)=O)C(=O)[C@]4(O)C(O)=C2C3=O)c1. The van der Waals surface area contributed by atoms with Crippen LogP contribution in [0.4, 0.5) is 0 Å². The van der Waals surface area contributed by atoms with E-state index in [1.807, 2.05) is 45.0 Å². The van der Waals surface area contributed by atoms with Gasteiger partial charge in [-0.25, -0.2) is 0 Å². The summed E-state index contributed by atoms with van der Waals surface area (Å²) in [5.41, 5.74) is -3.20. The summed E-state index contributed by atoms with van der Waals surface area (Å²) in [4.78, 5) is 40.5. The largest absolute Gasteiger partial charge is 0.511 e. The number of hydrogen-bond donors (Lipinski definition) is 4. The first-order chi connectivity index (χ1) is 19.6. The molecule has 0 heterocycles. The maximum Gasteiger partial charge on any atom is 0.209 e. The molecule has 8 heteroatoms. The minimum absolute atomic E-state index is 0.0400. The van der Waals surface area contributed by atoms with E-state index in [0.29, 0.717) is 18.4 Å². The smallest absolute Gasteiger partial charge is 0.209 e. The molecule has 0 aromatic heterocycles. The molecule has 2 aromatic carbocycles. The molecule has 0 saturated heterocycles. The molecule has 4 atom stereocenters. The molecule has 0 amide bonds. The molecule has 4 N–H and O–H groups in total. The van der Waals surface area contributed by atoms with Crippen LogP contribution in [0, 0.1) is 22.7 Å². The molecule has 222 valence electrons.